The van der Waals surface area contributed by atoms with Crippen LogP contribution in [-0.2, 0) is 20.3 Å². The van der Waals surface area contributed by atoms with Crippen LogP contribution in [0.4, 0.5) is 13.2 Å². The van der Waals surface area contributed by atoms with E-state index in [1.54, 1.807) is 31.2 Å². The minimum atomic E-state index is -4.76. The predicted octanol–water partition coefficient (Wildman–Crippen LogP) is 4.17. The first-order chi connectivity index (χ1) is 14.7. The maximum Gasteiger partial charge on any atom is 0.573 e. The highest BCUT2D eigenvalue weighted by molar-refractivity contribution is 7.87. The van der Waals surface area contributed by atoms with Gasteiger partial charge in [0.25, 0.3) is 0 Å². The van der Waals surface area contributed by atoms with Gasteiger partial charge in [-0.2, -0.15) is 0 Å². The van der Waals surface area contributed by atoms with Crippen molar-refractivity contribution in [3.63, 3.8) is 0 Å². The normalized spacial score (nSPS) is 16.9. The summed E-state index contributed by atoms with van der Waals surface area (Å²) in [4.78, 5) is 13.1. The Bertz CT molecular complexity index is 910. The Morgan fingerprint density at radius 3 is 2.03 bits per heavy atom. The number of esters is 1. The molecule has 0 unspecified atom stereocenters. The Balaban J connectivity index is 1.71. The smallest absolute Gasteiger partial charge is 0.465 e. The molecular formula is C21H22F3NO5S. The van der Waals surface area contributed by atoms with Gasteiger partial charge in [-0.25, -0.2) is 0 Å². The average Bonchev–Trinajstić information content (AvgIpc) is 2.75. The summed E-state index contributed by atoms with van der Waals surface area (Å²) in [5, 5.41) is 3.16. The van der Waals surface area contributed by atoms with Crippen molar-refractivity contribution in [1.82, 2.24) is 5.32 Å². The van der Waals surface area contributed by atoms with Crippen molar-refractivity contribution >= 4 is 16.8 Å². The molecule has 0 amide bonds. The minimum absolute atomic E-state index is 0.213. The van der Waals surface area contributed by atoms with Crippen LogP contribution >= 0.6 is 0 Å². The molecule has 6 nitrogen and oxygen atoms in total. The maximum atomic E-state index is 13.3. The third-order valence-corrected chi connectivity index (χ3v) is 6.73. The number of hydrogen-bond donors (Lipinski definition) is 1. The Labute approximate surface area is 180 Å². The van der Waals surface area contributed by atoms with Crippen LogP contribution in [0.5, 0.6) is 17.2 Å². The zero-order valence-corrected chi connectivity index (χ0v) is 17.6. The SMILES string of the molecule is CCOC(=O)C1([S@](=O)c2ccc(Oc3ccc(OC(F)(F)F)cc3)cc2)CCNCC1. The van der Waals surface area contributed by atoms with Crippen LogP contribution < -0.4 is 14.8 Å². The molecule has 1 saturated heterocycles. The Hall–Kier alpha value is -2.59. The molecule has 10 heteroatoms. The van der Waals surface area contributed by atoms with Crippen LogP contribution in [0.25, 0.3) is 0 Å². The molecule has 0 saturated carbocycles. The van der Waals surface area contributed by atoms with Crippen molar-refractivity contribution in [2.45, 2.75) is 35.8 Å². The highest BCUT2D eigenvalue weighted by Crippen LogP contribution is 2.33. The van der Waals surface area contributed by atoms with Crippen LogP contribution in [0, 0.1) is 0 Å². The number of nitrogens with one attached hydrogen (secondary N) is 1. The number of ether oxygens (including phenoxy) is 3. The van der Waals surface area contributed by atoms with E-state index in [1.165, 1.54) is 12.1 Å². The highest BCUT2D eigenvalue weighted by atomic mass is 32.2. The molecule has 1 aliphatic rings. The first-order valence-corrected chi connectivity index (χ1v) is 10.8. The lowest BCUT2D eigenvalue weighted by Crippen LogP contribution is -2.51. The molecule has 31 heavy (non-hydrogen) atoms. The Morgan fingerprint density at radius 1 is 1.00 bits per heavy atom. The van der Waals surface area contributed by atoms with E-state index in [9.17, 15) is 22.2 Å². The summed E-state index contributed by atoms with van der Waals surface area (Å²) in [6, 6.07) is 11.4. The average molecular weight is 457 g/mol. The van der Waals surface area contributed by atoms with Gasteiger partial charge in [0.1, 0.15) is 22.0 Å². The number of halogens is 3. The van der Waals surface area contributed by atoms with E-state index in [1.807, 2.05) is 0 Å². The van der Waals surface area contributed by atoms with Crippen LogP contribution in [-0.4, -0.2) is 41.0 Å². The largest absolute Gasteiger partial charge is 0.573 e. The van der Waals surface area contributed by atoms with Crippen LogP contribution in [0.1, 0.15) is 19.8 Å². The first-order valence-electron chi connectivity index (χ1n) is 9.67. The fourth-order valence-electron chi connectivity index (χ4n) is 3.26. The van der Waals surface area contributed by atoms with Crippen LogP contribution in [0.15, 0.2) is 53.4 Å². The fraction of sp³-hybridized carbons (Fsp3) is 0.381. The highest BCUT2D eigenvalue weighted by Gasteiger charge is 2.47. The molecule has 2 aromatic carbocycles. The second-order valence-corrected chi connectivity index (χ2v) is 8.62. The molecule has 1 fully saturated rings. The van der Waals surface area contributed by atoms with Crippen LogP contribution in [0.2, 0.25) is 0 Å². The molecule has 0 spiro atoms. The van der Waals surface area contributed by atoms with Crippen molar-refractivity contribution in [2.75, 3.05) is 19.7 Å². The van der Waals surface area contributed by atoms with Gasteiger partial charge in [0, 0.05) is 4.90 Å². The zero-order valence-electron chi connectivity index (χ0n) is 16.7. The molecule has 2 aromatic rings. The van der Waals surface area contributed by atoms with Gasteiger partial charge in [-0.3, -0.25) is 9.00 Å². The number of rotatable bonds is 7. The van der Waals surface area contributed by atoms with E-state index in [0.717, 1.165) is 12.1 Å². The molecule has 0 radical (unpaired) electrons. The van der Waals surface area contributed by atoms with Gasteiger partial charge in [-0.1, -0.05) is 0 Å². The third-order valence-electron chi connectivity index (χ3n) is 4.74. The van der Waals surface area contributed by atoms with E-state index < -0.39 is 27.9 Å². The summed E-state index contributed by atoms with van der Waals surface area (Å²) >= 11 is 0. The van der Waals surface area contributed by atoms with Gasteiger partial charge in [0.15, 0.2) is 0 Å². The zero-order chi connectivity index (χ0) is 22.5. The lowest BCUT2D eigenvalue weighted by atomic mass is 9.97. The summed E-state index contributed by atoms with van der Waals surface area (Å²) in [7, 11) is -1.62. The summed E-state index contributed by atoms with van der Waals surface area (Å²) in [5.74, 6) is -0.0985. The third kappa shape index (κ3) is 5.76. The second kappa shape index (κ2) is 9.69. The summed E-state index contributed by atoms with van der Waals surface area (Å²) < 4.78 is 63.5. The molecule has 1 heterocycles. The van der Waals surface area contributed by atoms with Gasteiger partial charge in [-0.05, 0) is 81.4 Å². The molecule has 168 valence electrons. The lowest BCUT2D eigenvalue weighted by Gasteiger charge is -2.34. The number of carbonyl (C=O) groups is 1. The standard InChI is InChI=1S/C21H22F3NO5S/c1-2-28-19(26)20(11-13-25-14-12-20)31(27)18-9-7-16(8-10-18)29-15-3-5-17(6-4-15)30-21(22,23)24/h3-10,25H,2,11-14H2,1H3/t31-/m1/s1. The fourth-order valence-corrected chi connectivity index (χ4v) is 4.88. The van der Waals surface area contributed by atoms with Crippen molar-refractivity contribution < 1.29 is 36.4 Å². The van der Waals surface area contributed by atoms with Crippen molar-refractivity contribution in [3.05, 3.63) is 48.5 Å². The number of piperidine rings is 1. The van der Waals surface area contributed by atoms with Gasteiger partial charge in [-0.15, -0.1) is 13.2 Å². The quantitative estimate of drug-likeness (QED) is 0.629. The summed E-state index contributed by atoms with van der Waals surface area (Å²) in [6.45, 7) is 3.06. The molecule has 0 aromatic heterocycles. The van der Waals surface area contributed by atoms with Gasteiger partial charge in [0.2, 0.25) is 0 Å². The molecule has 3 rings (SSSR count). The molecule has 1 atom stereocenters. The molecule has 1 N–H and O–H groups in total. The van der Waals surface area contributed by atoms with Crippen molar-refractivity contribution in [2.24, 2.45) is 0 Å². The monoisotopic (exact) mass is 457 g/mol. The van der Waals surface area contributed by atoms with Crippen molar-refractivity contribution in [3.8, 4) is 17.2 Å². The topological polar surface area (TPSA) is 73.9 Å². The van der Waals surface area contributed by atoms with E-state index in [2.05, 4.69) is 10.1 Å². The van der Waals surface area contributed by atoms with Gasteiger partial charge >= 0.3 is 12.3 Å². The second-order valence-electron chi connectivity index (χ2n) is 6.83. The van der Waals surface area contributed by atoms with Gasteiger partial charge < -0.3 is 19.5 Å². The number of benzene rings is 2. The Kier molecular flexibility index (Phi) is 7.22. The number of hydrogen-bond acceptors (Lipinski definition) is 6. The molecule has 0 aliphatic carbocycles. The molecule has 0 bridgehead atoms. The van der Waals surface area contributed by atoms with E-state index in [4.69, 9.17) is 9.47 Å². The van der Waals surface area contributed by atoms with E-state index in [-0.39, 0.29) is 12.4 Å². The Morgan fingerprint density at radius 2 is 1.52 bits per heavy atom. The summed E-state index contributed by atoms with van der Waals surface area (Å²) in [6.07, 6.45) is -3.95. The molecular weight excluding hydrogens is 435 g/mol. The maximum absolute atomic E-state index is 13.3. The lowest BCUT2D eigenvalue weighted by molar-refractivity contribution is -0.274. The molecule has 1 aliphatic heterocycles. The minimum Gasteiger partial charge on any atom is -0.465 e. The van der Waals surface area contributed by atoms with Crippen molar-refractivity contribution in [1.29, 1.82) is 0 Å². The van der Waals surface area contributed by atoms with Crippen LogP contribution in [0.3, 0.4) is 0 Å². The predicted molar refractivity (Wildman–Crippen MR) is 108 cm³/mol. The van der Waals surface area contributed by atoms with E-state index in [0.29, 0.717) is 42.3 Å². The number of carbonyl (C=O) groups excluding carboxylic acids is 1. The van der Waals surface area contributed by atoms with E-state index >= 15 is 0 Å². The number of alkyl halides is 3. The van der Waals surface area contributed by atoms with Gasteiger partial charge in [0.05, 0.1) is 17.4 Å². The summed E-state index contributed by atoms with van der Waals surface area (Å²) in [5.41, 5.74) is 0. The first kappa shape index (κ1) is 23.1.